The highest BCUT2D eigenvalue weighted by Crippen LogP contribution is 2.26. The Morgan fingerprint density at radius 2 is 1.83 bits per heavy atom. The summed E-state index contributed by atoms with van der Waals surface area (Å²) in [5.74, 6) is -2.03. The number of para-hydroxylation sites is 1. The van der Waals surface area contributed by atoms with Crippen molar-refractivity contribution < 1.29 is 14.4 Å². The monoisotopic (exact) mass is 331 g/mol. The second-order valence-corrected chi connectivity index (χ2v) is 6.19. The maximum atomic E-state index is 12.1. The number of piperidine rings is 1. The molecule has 6 nitrogen and oxygen atoms in total. The summed E-state index contributed by atoms with van der Waals surface area (Å²) in [6.07, 6.45) is 2.28. The molecule has 3 N–H and O–H groups in total. The maximum absolute atomic E-state index is 12.1. The molecule has 0 bridgehead atoms. The summed E-state index contributed by atoms with van der Waals surface area (Å²) >= 11 is 0. The molecule has 1 fully saturated rings. The van der Waals surface area contributed by atoms with E-state index in [-0.39, 0.29) is 17.7 Å². The molecule has 1 unspecified atom stereocenters. The van der Waals surface area contributed by atoms with E-state index in [1.54, 1.807) is 12.1 Å². The molecule has 24 heavy (non-hydrogen) atoms. The van der Waals surface area contributed by atoms with Gasteiger partial charge in [-0.25, -0.2) is 0 Å². The highest BCUT2D eigenvalue weighted by Gasteiger charge is 2.25. The molecule has 3 amide bonds. The van der Waals surface area contributed by atoms with Crippen LogP contribution >= 0.6 is 0 Å². The number of hydrogen-bond donors (Lipinski definition) is 3. The third kappa shape index (κ3) is 4.64. The molecule has 1 saturated heterocycles. The standard InChI is InChI=1S/C18H25N3O3/c1-3-12(2)14-6-4-5-7-15(14)20-17(23)18(24)21-16(22)13-8-10-19-11-9-13/h4-7,12-13,19H,3,8-11H2,1-2H3,(H,20,23)(H,21,22,24). The predicted octanol–water partition coefficient (Wildman–Crippen LogP) is 1.78. The number of hydrogen-bond acceptors (Lipinski definition) is 4. The lowest BCUT2D eigenvalue weighted by molar-refractivity contribution is -0.141. The Morgan fingerprint density at radius 3 is 2.50 bits per heavy atom. The van der Waals surface area contributed by atoms with E-state index in [4.69, 9.17) is 0 Å². The first-order valence-corrected chi connectivity index (χ1v) is 8.48. The molecule has 1 heterocycles. The van der Waals surface area contributed by atoms with E-state index in [9.17, 15) is 14.4 Å². The average molecular weight is 331 g/mol. The molecular formula is C18H25N3O3. The molecule has 0 saturated carbocycles. The van der Waals surface area contributed by atoms with Gasteiger partial charge in [0.2, 0.25) is 5.91 Å². The van der Waals surface area contributed by atoms with Crippen LogP contribution in [0.2, 0.25) is 0 Å². The molecule has 1 aromatic carbocycles. The van der Waals surface area contributed by atoms with Gasteiger partial charge < -0.3 is 10.6 Å². The van der Waals surface area contributed by atoms with Gasteiger partial charge in [0.05, 0.1) is 0 Å². The number of amides is 3. The number of carbonyl (C=O) groups excluding carboxylic acids is 3. The highest BCUT2D eigenvalue weighted by atomic mass is 16.2. The van der Waals surface area contributed by atoms with Gasteiger partial charge in [0.1, 0.15) is 0 Å². The second kappa shape index (κ2) is 8.59. The Kier molecular flexibility index (Phi) is 6.49. The van der Waals surface area contributed by atoms with Crippen molar-refractivity contribution in [2.45, 2.75) is 39.0 Å². The Morgan fingerprint density at radius 1 is 1.17 bits per heavy atom. The number of benzene rings is 1. The van der Waals surface area contributed by atoms with Gasteiger partial charge in [-0.1, -0.05) is 32.0 Å². The van der Waals surface area contributed by atoms with E-state index in [1.807, 2.05) is 12.1 Å². The summed E-state index contributed by atoms with van der Waals surface area (Å²) in [5, 5.41) is 7.99. The van der Waals surface area contributed by atoms with Crippen molar-refractivity contribution in [2.24, 2.45) is 5.92 Å². The van der Waals surface area contributed by atoms with Crippen molar-refractivity contribution in [3.05, 3.63) is 29.8 Å². The number of nitrogens with one attached hydrogen (secondary N) is 3. The summed E-state index contributed by atoms with van der Waals surface area (Å²) < 4.78 is 0. The van der Waals surface area contributed by atoms with E-state index >= 15 is 0 Å². The van der Waals surface area contributed by atoms with Crippen molar-refractivity contribution in [3.63, 3.8) is 0 Å². The zero-order chi connectivity index (χ0) is 17.5. The maximum Gasteiger partial charge on any atom is 0.316 e. The van der Waals surface area contributed by atoms with Crippen LogP contribution in [-0.2, 0) is 14.4 Å². The third-order valence-electron chi connectivity index (χ3n) is 4.51. The summed E-state index contributed by atoms with van der Waals surface area (Å²) in [4.78, 5) is 36.1. The number of carbonyl (C=O) groups is 3. The first kappa shape index (κ1) is 18.1. The van der Waals surface area contributed by atoms with Gasteiger partial charge in [0, 0.05) is 11.6 Å². The van der Waals surface area contributed by atoms with Crippen LogP contribution in [0.1, 0.15) is 44.6 Å². The van der Waals surface area contributed by atoms with Gasteiger partial charge in [0.25, 0.3) is 0 Å². The van der Waals surface area contributed by atoms with Crippen LogP contribution in [0.5, 0.6) is 0 Å². The lowest BCUT2D eigenvalue weighted by atomic mass is 9.97. The van der Waals surface area contributed by atoms with Crippen LogP contribution in [0.25, 0.3) is 0 Å². The van der Waals surface area contributed by atoms with Crippen LogP contribution in [0.3, 0.4) is 0 Å². The fourth-order valence-electron chi connectivity index (χ4n) is 2.79. The van der Waals surface area contributed by atoms with Crippen LogP contribution < -0.4 is 16.0 Å². The molecule has 0 aromatic heterocycles. The summed E-state index contributed by atoms with van der Waals surface area (Å²) in [7, 11) is 0. The van der Waals surface area contributed by atoms with E-state index in [0.717, 1.165) is 25.1 Å². The fourth-order valence-corrected chi connectivity index (χ4v) is 2.79. The molecule has 6 heteroatoms. The minimum absolute atomic E-state index is 0.213. The van der Waals surface area contributed by atoms with Crippen molar-refractivity contribution in [1.82, 2.24) is 10.6 Å². The zero-order valence-electron chi connectivity index (χ0n) is 14.2. The van der Waals surface area contributed by atoms with E-state index < -0.39 is 11.8 Å². The summed E-state index contributed by atoms with van der Waals surface area (Å²) in [6.45, 7) is 5.63. The summed E-state index contributed by atoms with van der Waals surface area (Å²) in [5.41, 5.74) is 1.59. The molecule has 130 valence electrons. The molecule has 2 rings (SSSR count). The first-order valence-electron chi connectivity index (χ1n) is 8.48. The second-order valence-electron chi connectivity index (χ2n) is 6.19. The van der Waals surface area contributed by atoms with Crippen molar-refractivity contribution >= 4 is 23.4 Å². The van der Waals surface area contributed by atoms with Crippen molar-refractivity contribution in [2.75, 3.05) is 18.4 Å². The normalized spacial score (nSPS) is 16.2. The quantitative estimate of drug-likeness (QED) is 0.734. The first-order chi connectivity index (χ1) is 11.5. The Bertz CT molecular complexity index is 609. The van der Waals surface area contributed by atoms with Gasteiger partial charge in [-0.05, 0) is 49.9 Å². The van der Waals surface area contributed by atoms with Gasteiger partial charge in [0.15, 0.2) is 0 Å². The topological polar surface area (TPSA) is 87.3 Å². The largest absolute Gasteiger partial charge is 0.318 e. The SMILES string of the molecule is CCC(C)c1ccccc1NC(=O)C(=O)NC(=O)C1CCNCC1. The van der Waals surface area contributed by atoms with Gasteiger partial charge in [-0.2, -0.15) is 0 Å². The minimum Gasteiger partial charge on any atom is -0.318 e. The van der Waals surface area contributed by atoms with Gasteiger partial charge in [-0.15, -0.1) is 0 Å². The van der Waals surface area contributed by atoms with E-state index in [0.29, 0.717) is 18.5 Å². The van der Waals surface area contributed by atoms with Crippen LogP contribution in [0.4, 0.5) is 5.69 Å². The number of rotatable bonds is 4. The molecule has 0 spiro atoms. The van der Waals surface area contributed by atoms with E-state index in [1.165, 1.54) is 0 Å². The van der Waals surface area contributed by atoms with Gasteiger partial charge in [-0.3, -0.25) is 19.7 Å². The summed E-state index contributed by atoms with van der Waals surface area (Å²) in [6, 6.07) is 7.40. The third-order valence-corrected chi connectivity index (χ3v) is 4.51. The van der Waals surface area contributed by atoms with Crippen molar-refractivity contribution in [1.29, 1.82) is 0 Å². The van der Waals surface area contributed by atoms with Crippen molar-refractivity contribution in [3.8, 4) is 0 Å². The van der Waals surface area contributed by atoms with Crippen LogP contribution in [0, 0.1) is 5.92 Å². The van der Waals surface area contributed by atoms with Crippen LogP contribution in [0.15, 0.2) is 24.3 Å². The lowest BCUT2D eigenvalue weighted by Gasteiger charge is -2.21. The Balaban J connectivity index is 1.97. The number of anilines is 1. The predicted molar refractivity (Wildman–Crippen MR) is 92.5 cm³/mol. The van der Waals surface area contributed by atoms with Crippen LogP contribution in [-0.4, -0.2) is 30.8 Å². The lowest BCUT2D eigenvalue weighted by Crippen LogP contribution is -2.44. The van der Waals surface area contributed by atoms with Gasteiger partial charge >= 0.3 is 11.8 Å². The molecule has 1 aromatic rings. The molecule has 0 aliphatic carbocycles. The van der Waals surface area contributed by atoms with E-state index in [2.05, 4.69) is 29.8 Å². The molecular weight excluding hydrogens is 306 g/mol. The molecule has 0 radical (unpaired) electrons. The molecule has 1 aliphatic rings. The smallest absolute Gasteiger partial charge is 0.316 e. The average Bonchev–Trinajstić information content (AvgIpc) is 2.62. The highest BCUT2D eigenvalue weighted by molar-refractivity contribution is 6.42. The minimum atomic E-state index is -0.905. The molecule has 1 atom stereocenters. The Hall–Kier alpha value is -2.21. The zero-order valence-corrected chi connectivity index (χ0v) is 14.2. The number of imide groups is 1. The molecule has 1 aliphatic heterocycles. The Labute approximate surface area is 142 Å². The fraction of sp³-hybridized carbons (Fsp3) is 0.500.